The maximum Gasteiger partial charge on any atom is 0.329 e. The third kappa shape index (κ3) is 3.94. The van der Waals surface area contributed by atoms with E-state index >= 15 is 0 Å². The average molecular weight is 416 g/mol. The molecule has 158 valence electrons. The number of hydrogen-bond donors (Lipinski definition) is 2. The van der Waals surface area contributed by atoms with Crippen LogP contribution in [0.25, 0.3) is 11.8 Å². The predicted molar refractivity (Wildman–Crippen MR) is 119 cm³/mol. The topological polar surface area (TPSA) is 87.2 Å². The molecule has 7 heteroatoms. The molecule has 0 bridgehead atoms. The first-order chi connectivity index (χ1) is 15.0. The van der Waals surface area contributed by atoms with E-state index in [2.05, 4.69) is 10.4 Å². The Hall–Kier alpha value is -3.87. The minimum Gasteiger partial charge on any atom is -0.303 e. The molecule has 2 heterocycles. The zero-order valence-corrected chi connectivity index (χ0v) is 17.5. The van der Waals surface area contributed by atoms with E-state index in [1.54, 1.807) is 0 Å². The molecule has 0 spiro atoms. The second-order valence-electron chi connectivity index (χ2n) is 7.54. The molecule has 0 aliphatic carbocycles. The number of nitrogens with zero attached hydrogens (tertiary/aromatic N) is 2. The number of imide groups is 1. The molecule has 1 aliphatic heterocycles. The maximum absolute atomic E-state index is 13.1. The predicted octanol–water partition coefficient (Wildman–Crippen LogP) is 3.52. The Morgan fingerprint density at radius 2 is 1.68 bits per heavy atom. The van der Waals surface area contributed by atoms with Gasteiger partial charge in [-0.25, -0.2) is 9.48 Å². The molecule has 4 rings (SSSR count). The summed E-state index contributed by atoms with van der Waals surface area (Å²) in [6.07, 6.45) is 2.95. The molecule has 0 atom stereocenters. The van der Waals surface area contributed by atoms with E-state index in [0.717, 1.165) is 28.1 Å². The number of para-hydroxylation sites is 1. The minimum absolute atomic E-state index is 0.104. The van der Waals surface area contributed by atoms with E-state index < -0.39 is 11.9 Å². The molecule has 3 amide bonds. The molecule has 0 radical (unpaired) electrons. The van der Waals surface area contributed by atoms with Crippen molar-refractivity contribution in [3.05, 3.63) is 93.0 Å². The van der Waals surface area contributed by atoms with Crippen molar-refractivity contribution < 1.29 is 9.59 Å². The van der Waals surface area contributed by atoms with Gasteiger partial charge in [-0.05, 0) is 42.7 Å². The van der Waals surface area contributed by atoms with E-state index in [0.29, 0.717) is 17.7 Å². The molecule has 1 saturated heterocycles. The van der Waals surface area contributed by atoms with E-state index in [1.807, 2.05) is 68.4 Å². The quantitative estimate of drug-likeness (QED) is 0.476. The standard InChI is InChI=1S/C24H24N4O3/c1-3-9-20-19(22(29)28(26-20)18-12-5-4-6-13-18)14-21-23(30)27(24(31)25-21)15-17-11-8-7-10-16(17)2/h4-8,10-14,26H,3,9,15H2,1-2H3,(H,25,31)/b21-14-. The second kappa shape index (κ2) is 8.47. The van der Waals surface area contributed by atoms with Crippen LogP contribution in [0, 0.1) is 6.92 Å². The summed E-state index contributed by atoms with van der Waals surface area (Å²) in [5.41, 5.74) is 3.55. The van der Waals surface area contributed by atoms with Crippen molar-refractivity contribution >= 4 is 18.0 Å². The first-order valence-corrected chi connectivity index (χ1v) is 10.3. The lowest BCUT2D eigenvalue weighted by atomic mass is 10.1. The number of nitrogens with one attached hydrogen (secondary N) is 2. The van der Waals surface area contributed by atoms with Gasteiger partial charge in [0.15, 0.2) is 0 Å². The minimum atomic E-state index is -0.490. The third-order valence-electron chi connectivity index (χ3n) is 5.36. The number of hydrogen-bond acceptors (Lipinski definition) is 3. The van der Waals surface area contributed by atoms with Crippen LogP contribution in [-0.4, -0.2) is 26.6 Å². The van der Waals surface area contributed by atoms with Gasteiger partial charge in [-0.15, -0.1) is 0 Å². The Morgan fingerprint density at radius 1 is 0.968 bits per heavy atom. The summed E-state index contributed by atoms with van der Waals surface area (Å²) in [5.74, 6) is -0.442. The van der Waals surface area contributed by atoms with Gasteiger partial charge in [0.2, 0.25) is 0 Å². The Bertz CT molecular complexity index is 1220. The van der Waals surface area contributed by atoms with E-state index in [-0.39, 0.29) is 17.8 Å². The molecule has 1 fully saturated rings. The zero-order chi connectivity index (χ0) is 22.0. The number of aryl methyl sites for hydroxylation is 2. The van der Waals surface area contributed by atoms with Gasteiger partial charge in [0.25, 0.3) is 11.5 Å². The summed E-state index contributed by atoms with van der Waals surface area (Å²) in [5, 5.41) is 5.77. The van der Waals surface area contributed by atoms with Crippen LogP contribution < -0.4 is 10.9 Å². The van der Waals surface area contributed by atoms with Gasteiger partial charge in [0.05, 0.1) is 17.8 Å². The Kier molecular flexibility index (Phi) is 5.58. The lowest BCUT2D eigenvalue weighted by molar-refractivity contribution is -0.123. The highest BCUT2D eigenvalue weighted by Crippen LogP contribution is 2.19. The molecule has 2 aromatic carbocycles. The maximum atomic E-state index is 13.1. The number of rotatable bonds is 6. The smallest absolute Gasteiger partial charge is 0.303 e. The number of carbonyl (C=O) groups excluding carboxylic acids is 2. The van der Waals surface area contributed by atoms with Gasteiger partial charge in [-0.1, -0.05) is 55.8 Å². The van der Waals surface area contributed by atoms with Crippen molar-refractivity contribution in [2.24, 2.45) is 0 Å². The number of amides is 3. The van der Waals surface area contributed by atoms with E-state index in [9.17, 15) is 14.4 Å². The molecule has 0 unspecified atom stereocenters. The van der Waals surface area contributed by atoms with Crippen molar-refractivity contribution in [3.63, 3.8) is 0 Å². The largest absolute Gasteiger partial charge is 0.329 e. The van der Waals surface area contributed by atoms with Crippen molar-refractivity contribution in [1.82, 2.24) is 20.0 Å². The molecule has 1 aliphatic rings. The van der Waals surface area contributed by atoms with E-state index in [1.165, 1.54) is 10.8 Å². The Morgan fingerprint density at radius 3 is 2.39 bits per heavy atom. The van der Waals surface area contributed by atoms with Gasteiger partial charge in [0, 0.05) is 5.69 Å². The summed E-state index contributed by atoms with van der Waals surface area (Å²) in [6.45, 7) is 4.13. The average Bonchev–Trinajstić information content (AvgIpc) is 3.22. The summed E-state index contributed by atoms with van der Waals surface area (Å²) < 4.78 is 1.46. The molecule has 7 nitrogen and oxygen atoms in total. The van der Waals surface area contributed by atoms with Gasteiger partial charge in [-0.3, -0.25) is 19.6 Å². The summed E-state index contributed by atoms with van der Waals surface area (Å²) in [4.78, 5) is 39.7. The number of carbonyl (C=O) groups is 2. The van der Waals surface area contributed by atoms with Crippen LogP contribution in [0.4, 0.5) is 4.79 Å². The molecule has 2 N–H and O–H groups in total. The molecular weight excluding hydrogens is 392 g/mol. The molecule has 0 saturated carbocycles. The summed E-state index contributed by atoms with van der Waals surface area (Å²) >= 11 is 0. The first kappa shape index (κ1) is 20.4. The Labute approximate surface area is 180 Å². The first-order valence-electron chi connectivity index (χ1n) is 10.3. The fourth-order valence-corrected chi connectivity index (χ4v) is 3.66. The number of benzene rings is 2. The highest BCUT2D eigenvalue weighted by Gasteiger charge is 2.34. The molecule has 1 aromatic heterocycles. The van der Waals surface area contributed by atoms with Gasteiger partial charge in [0.1, 0.15) is 5.70 Å². The van der Waals surface area contributed by atoms with Gasteiger partial charge in [-0.2, -0.15) is 0 Å². The van der Waals surface area contributed by atoms with Crippen LogP contribution in [0.5, 0.6) is 0 Å². The lowest BCUT2D eigenvalue weighted by Gasteiger charge is -2.13. The van der Waals surface area contributed by atoms with Crippen LogP contribution in [0.3, 0.4) is 0 Å². The zero-order valence-electron chi connectivity index (χ0n) is 17.5. The number of H-pyrrole nitrogens is 1. The van der Waals surface area contributed by atoms with Crippen LogP contribution in [0.2, 0.25) is 0 Å². The van der Waals surface area contributed by atoms with Crippen molar-refractivity contribution in [1.29, 1.82) is 0 Å². The normalized spacial score (nSPS) is 15.0. The lowest BCUT2D eigenvalue weighted by Crippen LogP contribution is -2.30. The molecule has 31 heavy (non-hydrogen) atoms. The van der Waals surface area contributed by atoms with E-state index in [4.69, 9.17) is 0 Å². The van der Waals surface area contributed by atoms with Gasteiger partial charge < -0.3 is 5.32 Å². The summed E-state index contributed by atoms with van der Waals surface area (Å²) in [6, 6.07) is 16.4. The highest BCUT2D eigenvalue weighted by atomic mass is 16.2. The van der Waals surface area contributed by atoms with Crippen LogP contribution in [-0.2, 0) is 17.8 Å². The van der Waals surface area contributed by atoms with Crippen molar-refractivity contribution in [2.45, 2.75) is 33.2 Å². The fraction of sp³-hybridized carbons (Fsp3) is 0.208. The highest BCUT2D eigenvalue weighted by molar-refractivity contribution is 6.13. The second-order valence-corrected chi connectivity index (χ2v) is 7.54. The third-order valence-corrected chi connectivity index (χ3v) is 5.36. The van der Waals surface area contributed by atoms with Crippen LogP contribution in [0.15, 0.2) is 65.1 Å². The number of urea groups is 1. The van der Waals surface area contributed by atoms with Crippen LogP contribution >= 0.6 is 0 Å². The monoisotopic (exact) mass is 416 g/mol. The molecule has 3 aromatic rings. The Balaban J connectivity index is 1.69. The summed E-state index contributed by atoms with van der Waals surface area (Å²) in [7, 11) is 0. The van der Waals surface area contributed by atoms with Crippen molar-refractivity contribution in [3.8, 4) is 5.69 Å². The van der Waals surface area contributed by atoms with Crippen LogP contribution in [0.1, 0.15) is 35.7 Å². The number of aromatic amines is 1. The SMILES string of the molecule is CCCc1[nH]n(-c2ccccc2)c(=O)c1/C=C1\NC(=O)N(Cc2ccccc2C)C1=O. The van der Waals surface area contributed by atoms with Crippen molar-refractivity contribution in [2.75, 3.05) is 0 Å². The van der Waals surface area contributed by atoms with Gasteiger partial charge >= 0.3 is 6.03 Å². The number of aromatic nitrogens is 2. The molecular formula is C24H24N4O3. The fourth-order valence-electron chi connectivity index (χ4n) is 3.66.